The van der Waals surface area contributed by atoms with Crippen LogP contribution in [0.15, 0.2) is 237 Å². The Hall–Kier alpha value is -7.74. The lowest BCUT2D eigenvalue weighted by atomic mass is 9.81. The molecule has 10 aromatic carbocycles. The highest BCUT2D eigenvalue weighted by Gasteiger charge is 2.36. The minimum atomic E-state index is -0.224. The van der Waals surface area contributed by atoms with Crippen LogP contribution in [-0.2, 0) is 5.41 Å². The van der Waals surface area contributed by atoms with E-state index in [2.05, 4.69) is 255 Å². The Kier molecular flexibility index (Phi) is 9.24. The van der Waals surface area contributed by atoms with Gasteiger partial charge in [-0.05, 0) is 126 Å². The first-order valence-corrected chi connectivity index (χ1v) is 21.6. The Labute approximate surface area is 364 Å². The minimum absolute atomic E-state index is 0.224. The molecule has 0 radical (unpaired) electrons. The zero-order valence-corrected chi connectivity index (χ0v) is 35.0. The second-order valence-corrected chi connectivity index (χ2v) is 16.9. The van der Waals surface area contributed by atoms with E-state index in [1.165, 1.54) is 88.7 Å². The monoisotopic (exact) mass is 791 g/mol. The van der Waals surface area contributed by atoms with Gasteiger partial charge in [-0.15, -0.1) is 0 Å². The first-order chi connectivity index (χ1) is 30.5. The van der Waals surface area contributed by atoms with Crippen molar-refractivity contribution in [2.24, 2.45) is 0 Å². The number of nitrogens with zero attached hydrogens (tertiary/aromatic N) is 1. The van der Waals surface area contributed by atoms with E-state index in [9.17, 15) is 0 Å². The van der Waals surface area contributed by atoms with Gasteiger partial charge in [0, 0.05) is 22.4 Å². The van der Waals surface area contributed by atoms with Crippen molar-refractivity contribution in [3.63, 3.8) is 0 Å². The van der Waals surface area contributed by atoms with Gasteiger partial charge in [0.05, 0.1) is 5.69 Å². The summed E-state index contributed by atoms with van der Waals surface area (Å²) in [6, 6.07) is 86.8. The SMILES string of the molecule is CC1(C)c2cc(-c3ccccc3)ccc2-c2ccc(N(c3cccc(-c4ccc5ccccc5c4)c3)c3cccc(-c4ccccc4)c3-c3ccccc3-c3ccccc3)cc21. The quantitative estimate of drug-likeness (QED) is 0.148. The summed E-state index contributed by atoms with van der Waals surface area (Å²) in [5.41, 5.74) is 20.4. The average Bonchev–Trinajstić information content (AvgIpc) is 3.56. The van der Waals surface area contributed by atoms with Crippen molar-refractivity contribution in [1.82, 2.24) is 0 Å². The third kappa shape index (κ3) is 6.51. The average molecular weight is 792 g/mol. The first-order valence-electron chi connectivity index (χ1n) is 21.6. The van der Waals surface area contributed by atoms with Crippen molar-refractivity contribution in [2.75, 3.05) is 4.90 Å². The van der Waals surface area contributed by atoms with Crippen LogP contribution in [0.4, 0.5) is 17.1 Å². The maximum absolute atomic E-state index is 2.50. The summed E-state index contributed by atoms with van der Waals surface area (Å²) >= 11 is 0. The van der Waals surface area contributed by atoms with Gasteiger partial charge in [0.2, 0.25) is 0 Å². The summed E-state index contributed by atoms with van der Waals surface area (Å²) in [4.78, 5) is 2.50. The Morgan fingerprint density at radius 3 is 1.53 bits per heavy atom. The van der Waals surface area contributed by atoms with Crippen molar-refractivity contribution in [3.05, 3.63) is 248 Å². The molecule has 62 heavy (non-hydrogen) atoms. The molecule has 294 valence electrons. The molecule has 1 aliphatic rings. The first kappa shape index (κ1) is 37.3. The fourth-order valence-corrected chi connectivity index (χ4v) is 9.73. The smallest absolute Gasteiger partial charge is 0.0546 e. The van der Waals surface area contributed by atoms with Crippen molar-refractivity contribution >= 4 is 27.8 Å². The zero-order chi connectivity index (χ0) is 41.6. The highest BCUT2D eigenvalue weighted by molar-refractivity contribution is 6.02. The van der Waals surface area contributed by atoms with Gasteiger partial charge >= 0.3 is 0 Å². The van der Waals surface area contributed by atoms with Crippen LogP contribution in [0.3, 0.4) is 0 Å². The summed E-state index contributed by atoms with van der Waals surface area (Å²) < 4.78 is 0. The summed E-state index contributed by atoms with van der Waals surface area (Å²) in [5.74, 6) is 0. The van der Waals surface area contributed by atoms with Crippen LogP contribution in [-0.4, -0.2) is 0 Å². The lowest BCUT2D eigenvalue weighted by molar-refractivity contribution is 0.660. The minimum Gasteiger partial charge on any atom is -0.310 e. The number of hydrogen-bond acceptors (Lipinski definition) is 1. The number of fused-ring (bicyclic) bond motifs is 4. The molecule has 0 amide bonds. The van der Waals surface area contributed by atoms with E-state index in [1.54, 1.807) is 0 Å². The van der Waals surface area contributed by atoms with Gasteiger partial charge in [-0.2, -0.15) is 0 Å². The standard InChI is InChI=1S/C61H45N/c1-61(2)57-40-49(42-18-6-3-7-19-42)34-36-54(57)55-37-35-51(41-58(55)61)62(50-27-16-26-47(39-50)48-33-32-43-20-12-13-25-46(43)38-48)59-31-17-30-53(45-23-10-5-11-24-45)60(59)56-29-15-14-28-52(56)44-21-8-4-9-22-44/h3-41H,1-2H3. The second kappa shape index (κ2) is 15.4. The lowest BCUT2D eigenvalue weighted by Gasteiger charge is -2.31. The Balaban J connectivity index is 1.15. The molecule has 0 bridgehead atoms. The summed E-state index contributed by atoms with van der Waals surface area (Å²) in [6.45, 7) is 4.77. The van der Waals surface area contributed by atoms with Crippen molar-refractivity contribution in [1.29, 1.82) is 0 Å². The second-order valence-electron chi connectivity index (χ2n) is 16.9. The van der Waals surface area contributed by atoms with Gasteiger partial charge < -0.3 is 4.90 Å². The van der Waals surface area contributed by atoms with E-state index in [4.69, 9.17) is 0 Å². The topological polar surface area (TPSA) is 3.24 Å². The predicted molar refractivity (Wildman–Crippen MR) is 263 cm³/mol. The largest absolute Gasteiger partial charge is 0.310 e. The number of anilines is 3. The van der Waals surface area contributed by atoms with Crippen LogP contribution in [0.2, 0.25) is 0 Å². The lowest BCUT2D eigenvalue weighted by Crippen LogP contribution is -2.17. The summed E-state index contributed by atoms with van der Waals surface area (Å²) in [6.07, 6.45) is 0. The Morgan fingerprint density at radius 1 is 0.290 bits per heavy atom. The van der Waals surface area contributed by atoms with Crippen LogP contribution >= 0.6 is 0 Å². The molecule has 1 aliphatic carbocycles. The predicted octanol–water partition coefficient (Wildman–Crippen LogP) is 17.0. The Bertz CT molecular complexity index is 3250. The molecule has 0 saturated carbocycles. The number of benzene rings is 10. The van der Waals surface area contributed by atoms with Gasteiger partial charge in [-0.3, -0.25) is 0 Å². The summed E-state index contributed by atoms with van der Waals surface area (Å²) in [7, 11) is 0. The molecular weight excluding hydrogens is 747 g/mol. The number of rotatable bonds is 8. The van der Waals surface area contributed by atoms with Gasteiger partial charge in [-0.1, -0.05) is 208 Å². The van der Waals surface area contributed by atoms with Gasteiger partial charge in [0.1, 0.15) is 0 Å². The van der Waals surface area contributed by atoms with Crippen LogP contribution in [0, 0.1) is 0 Å². The van der Waals surface area contributed by atoms with E-state index in [0.717, 1.165) is 17.1 Å². The van der Waals surface area contributed by atoms with Gasteiger partial charge in [0.15, 0.2) is 0 Å². The molecule has 1 heteroatoms. The van der Waals surface area contributed by atoms with Crippen LogP contribution < -0.4 is 4.90 Å². The zero-order valence-electron chi connectivity index (χ0n) is 35.0. The molecule has 0 N–H and O–H groups in total. The number of hydrogen-bond donors (Lipinski definition) is 0. The van der Waals surface area contributed by atoms with E-state index in [0.29, 0.717) is 0 Å². The van der Waals surface area contributed by atoms with Crippen LogP contribution in [0.1, 0.15) is 25.0 Å². The Morgan fingerprint density at radius 2 is 0.790 bits per heavy atom. The molecule has 1 nitrogen and oxygen atoms in total. The summed E-state index contributed by atoms with van der Waals surface area (Å²) in [5, 5.41) is 2.48. The molecule has 0 aromatic heterocycles. The maximum atomic E-state index is 2.50. The molecule has 0 aliphatic heterocycles. The molecule has 11 rings (SSSR count). The molecule has 0 fully saturated rings. The molecule has 0 atom stereocenters. The normalized spacial score (nSPS) is 12.5. The third-order valence-corrected chi connectivity index (χ3v) is 12.9. The van der Waals surface area contributed by atoms with E-state index < -0.39 is 0 Å². The molecule has 0 spiro atoms. The third-order valence-electron chi connectivity index (χ3n) is 12.9. The highest BCUT2D eigenvalue weighted by atomic mass is 15.1. The van der Waals surface area contributed by atoms with Crippen molar-refractivity contribution < 1.29 is 0 Å². The van der Waals surface area contributed by atoms with Gasteiger partial charge in [0.25, 0.3) is 0 Å². The fraction of sp³-hybridized carbons (Fsp3) is 0.0492. The van der Waals surface area contributed by atoms with Crippen molar-refractivity contribution in [3.8, 4) is 66.8 Å². The maximum Gasteiger partial charge on any atom is 0.0546 e. The van der Waals surface area contributed by atoms with E-state index in [1.807, 2.05) is 0 Å². The fourth-order valence-electron chi connectivity index (χ4n) is 9.73. The van der Waals surface area contributed by atoms with Crippen molar-refractivity contribution in [2.45, 2.75) is 19.3 Å². The van der Waals surface area contributed by atoms with Crippen LogP contribution in [0.5, 0.6) is 0 Å². The van der Waals surface area contributed by atoms with E-state index in [-0.39, 0.29) is 5.41 Å². The molecule has 0 saturated heterocycles. The van der Waals surface area contributed by atoms with Crippen LogP contribution in [0.25, 0.3) is 77.5 Å². The van der Waals surface area contributed by atoms with Gasteiger partial charge in [-0.25, -0.2) is 0 Å². The molecule has 0 unspecified atom stereocenters. The molecule has 10 aromatic rings. The molecule has 0 heterocycles. The molecular formula is C61H45N. The highest BCUT2D eigenvalue weighted by Crippen LogP contribution is 2.53. The van der Waals surface area contributed by atoms with E-state index >= 15 is 0 Å².